The van der Waals surface area contributed by atoms with Gasteiger partial charge in [0.2, 0.25) is 0 Å². The minimum absolute atomic E-state index is 0.338. The second-order valence-corrected chi connectivity index (χ2v) is 26.6. The van der Waals surface area contributed by atoms with Crippen molar-refractivity contribution in [1.82, 2.24) is 19.5 Å². The van der Waals surface area contributed by atoms with Crippen LogP contribution in [0.25, 0.3) is 105 Å². The lowest BCUT2D eigenvalue weighted by Gasteiger charge is -2.57. The van der Waals surface area contributed by atoms with Gasteiger partial charge in [-0.05, 0) is 132 Å². The van der Waals surface area contributed by atoms with Crippen molar-refractivity contribution in [3.63, 3.8) is 0 Å². The number of hydrogen-bond donors (Lipinski definition) is 0. The van der Waals surface area contributed by atoms with Gasteiger partial charge in [-0.1, -0.05) is 152 Å². The second kappa shape index (κ2) is 14.9. The lowest BCUT2D eigenvalue weighted by Crippen LogP contribution is -2.48. The molecule has 330 valence electrons. The van der Waals surface area contributed by atoms with Crippen molar-refractivity contribution in [3.8, 4) is 51.0 Å². The number of benzene rings is 8. The van der Waals surface area contributed by atoms with Crippen LogP contribution >= 0.6 is 0 Å². The molecule has 6 heteroatoms. The van der Waals surface area contributed by atoms with E-state index in [9.17, 15) is 0 Å². The molecule has 0 aliphatic heterocycles. The van der Waals surface area contributed by atoms with Gasteiger partial charge < -0.3 is 8.98 Å². The summed E-state index contributed by atoms with van der Waals surface area (Å²) in [5, 5.41) is 8.29. The van der Waals surface area contributed by atoms with Gasteiger partial charge >= 0.3 is 0 Å². The Balaban J connectivity index is 0.999. The van der Waals surface area contributed by atoms with E-state index in [0.717, 1.165) is 78.7 Å². The molecule has 8 aromatic carbocycles. The highest BCUT2D eigenvalue weighted by Crippen LogP contribution is 2.61. The molecular weight excluding hydrogens is 845 g/mol. The molecule has 4 aliphatic rings. The van der Waals surface area contributed by atoms with Crippen LogP contribution in [0.15, 0.2) is 174 Å². The maximum absolute atomic E-state index is 7.01. The molecule has 4 fully saturated rings. The van der Waals surface area contributed by atoms with E-state index in [1.807, 2.05) is 0 Å². The van der Waals surface area contributed by atoms with Crippen molar-refractivity contribution in [1.29, 1.82) is 0 Å². The fourth-order valence-electron chi connectivity index (χ4n) is 13.3. The van der Waals surface area contributed by atoms with E-state index in [0.29, 0.717) is 22.9 Å². The Labute approximate surface area is 397 Å². The van der Waals surface area contributed by atoms with Gasteiger partial charge in [0.25, 0.3) is 0 Å². The fraction of sp³-hybridized carbons (Fsp3) is 0.210. The smallest absolute Gasteiger partial charge is 0.167 e. The highest BCUT2D eigenvalue weighted by molar-refractivity contribution is 6.88. The SMILES string of the molecule is C[Si](C)(C)c1cccc(-c2nc(-c3ccc4c5ccccc5n(-c5ccccc5)c4c3)nc(-c3cc(-c4ccc(C56CC7CC(CC(C7)C5)C6)cc4)cc4c3oc3ccc5ccccc5c34)n2)c1. The molecule has 0 amide bonds. The first-order valence-electron chi connectivity index (χ1n) is 24.7. The van der Waals surface area contributed by atoms with E-state index in [1.54, 1.807) is 0 Å². The third-order valence-electron chi connectivity index (χ3n) is 16.1. The first-order chi connectivity index (χ1) is 33.2. The number of furan rings is 1. The van der Waals surface area contributed by atoms with Crippen LogP contribution in [0.5, 0.6) is 0 Å². The number of para-hydroxylation sites is 2. The zero-order chi connectivity index (χ0) is 45.3. The van der Waals surface area contributed by atoms with Crippen molar-refractivity contribution in [2.45, 2.75) is 63.6 Å². The van der Waals surface area contributed by atoms with E-state index in [2.05, 4.69) is 194 Å². The predicted octanol–water partition coefficient (Wildman–Crippen LogP) is 15.7. The van der Waals surface area contributed by atoms with Crippen LogP contribution in [0.2, 0.25) is 19.6 Å². The summed E-state index contributed by atoms with van der Waals surface area (Å²) in [5.74, 6) is 4.56. The van der Waals surface area contributed by atoms with Gasteiger partial charge in [0, 0.05) is 38.4 Å². The lowest BCUT2D eigenvalue weighted by molar-refractivity contribution is -0.00518. The van der Waals surface area contributed by atoms with Crippen molar-refractivity contribution >= 4 is 67.8 Å². The monoisotopic (exact) mass is 896 g/mol. The van der Waals surface area contributed by atoms with Gasteiger partial charge in [-0.3, -0.25) is 0 Å². The maximum atomic E-state index is 7.01. The lowest BCUT2D eigenvalue weighted by atomic mass is 9.48. The van der Waals surface area contributed by atoms with Crippen molar-refractivity contribution in [2.75, 3.05) is 0 Å². The molecule has 0 atom stereocenters. The summed E-state index contributed by atoms with van der Waals surface area (Å²) in [6.45, 7) is 7.17. The normalized spacial score (nSPS) is 20.1. The predicted molar refractivity (Wildman–Crippen MR) is 284 cm³/mol. The highest BCUT2D eigenvalue weighted by Gasteiger charge is 2.51. The molecule has 4 bridgehead atoms. The molecule has 0 spiro atoms. The molecule has 5 nitrogen and oxygen atoms in total. The van der Waals surface area contributed by atoms with Crippen LogP contribution in [0, 0.1) is 17.8 Å². The maximum Gasteiger partial charge on any atom is 0.167 e. The van der Waals surface area contributed by atoms with Crippen LogP contribution in [0.1, 0.15) is 44.1 Å². The second-order valence-electron chi connectivity index (χ2n) is 21.5. The largest absolute Gasteiger partial charge is 0.455 e. The number of nitrogens with zero attached hydrogens (tertiary/aromatic N) is 4. The number of fused-ring (bicyclic) bond motifs is 8. The minimum atomic E-state index is -1.67. The molecule has 0 saturated heterocycles. The topological polar surface area (TPSA) is 56.7 Å². The summed E-state index contributed by atoms with van der Waals surface area (Å²) < 4.78 is 9.36. The highest BCUT2D eigenvalue weighted by atomic mass is 28.3. The van der Waals surface area contributed by atoms with E-state index in [1.165, 1.54) is 76.4 Å². The van der Waals surface area contributed by atoms with Crippen molar-refractivity contribution in [2.24, 2.45) is 17.8 Å². The molecular formula is C62H52N4OSi. The summed E-state index contributed by atoms with van der Waals surface area (Å²) in [6.07, 6.45) is 8.42. The molecule has 4 saturated carbocycles. The fourth-order valence-corrected chi connectivity index (χ4v) is 14.5. The van der Waals surface area contributed by atoms with E-state index in [-0.39, 0.29) is 0 Å². The summed E-state index contributed by atoms with van der Waals surface area (Å²) in [5.41, 5.74) is 12.0. The van der Waals surface area contributed by atoms with Crippen LogP contribution < -0.4 is 5.19 Å². The molecule has 4 aliphatic carbocycles. The Hall–Kier alpha value is -7.15. The van der Waals surface area contributed by atoms with Gasteiger partial charge in [-0.2, -0.15) is 0 Å². The Morgan fingerprint density at radius 1 is 0.500 bits per heavy atom. The Kier molecular flexibility index (Phi) is 8.77. The summed E-state index contributed by atoms with van der Waals surface area (Å²) in [7, 11) is -1.67. The van der Waals surface area contributed by atoms with E-state index in [4.69, 9.17) is 19.4 Å². The molecule has 3 heterocycles. The third kappa shape index (κ3) is 6.37. The van der Waals surface area contributed by atoms with Crippen LogP contribution in [0.3, 0.4) is 0 Å². The van der Waals surface area contributed by atoms with E-state index >= 15 is 0 Å². The molecule has 0 radical (unpaired) electrons. The van der Waals surface area contributed by atoms with Gasteiger partial charge in [0.05, 0.1) is 24.7 Å². The third-order valence-corrected chi connectivity index (χ3v) is 18.2. The number of hydrogen-bond acceptors (Lipinski definition) is 4. The summed E-state index contributed by atoms with van der Waals surface area (Å²) in [4.78, 5) is 16.3. The first-order valence-corrected chi connectivity index (χ1v) is 28.2. The van der Waals surface area contributed by atoms with E-state index < -0.39 is 8.07 Å². The summed E-state index contributed by atoms with van der Waals surface area (Å²) >= 11 is 0. The molecule has 0 N–H and O–H groups in total. The Bertz CT molecular complexity index is 3790. The molecule has 0 unspecified atom stereocenters. The molecule has 3 aromatic heterocycles. The zero-order valence-electron chi connectivity index (χ0n) is 38.8. The summed E-state index contributed by atoms with van der Waals surface area (Å²) in [6, 6.07) is 62.1. The Morgan fingerprint density at radius 2 is 1.15 bits per heavy atom. The van der Waals surface area contributed by atoms with Crippen LogP contribution in [-0.2, 0) is 5.41 Å². The van der Waals surface area contributed by atoms with Gasteiger partial charge in [0.1, 0.15) is 11.2 Å². The van der Waals surface area contributed by atoms with Crippen molar-refractivity contribution < 1.29 is 4.42 Å². The van der Waals surface area contributed by atoms with Gasteiger partial charge in [-0.25, -0.2) is 15.0 Å². The average molecular weight is 897 g/mol. The Morgan fingerprint density at radius 3 is 1.90 bits per heavy atom. The number of rotatable bonds is 7. The molecule has 11 aromatic rings. The van der Waals surface area contributed by atoms with Gasteiger partial charge in [0.15, 0.2) is 17.5 Å². The van der Waals surface area contributed by atoms with Crippen LogP contribution in [0.4, 0.5) is 0 Å². The quantitative estimate of drug-likeness (QED) is 0.150. The standard InChI is InChI=1S/C62H52N4OSi/c1-68(2,3)48-16-11-13-43(31-48)59-63-60(44-22-26-51-50-18-9-10-19-54(50)66(55(51)34-44)47-14-5-4-6-15-47)65-61(64-59)53-33-45(32-52-57-49-17-8-7-12-42(49)23-27-56(57)67-58(52)53)41-20-24-46(25-21-41)62-35-38-28-39(36-62)30-40(29-38)37-62/h4-27,31-34,38-40H,28-30,35-37H2,1-3H3. The minimum Gasteiger partial charge on any atom is -0.455 e. The average Bonchev–Trinajstić information content (AvgIpc) is 3.91. The first kappa shape index (κ1) is 40.0. The molecule has 68 heavy (non-hydrogen) atoms. The van der Waals surface area contributed by atoms with Gasteiger partial charge in [-0.15, -0.1) is 0 Å². The van der Waals surface area contributed by atoms with Crippen LogP contribution in [-0.4, -0.2) is 27.6 Å². The van der Waals surface area contributed by atoms with Crippen molar-refractivity contribution in [3.05, 3.63) is 175 Å². The number of aromatic nitrogens is 4. The zero-order valence-corrected chi connectivity index (χ0v) is 39.8. The molecule has 15 rings (SSSR count).